The smallest absolute Gasteiger partial charge is 0.250 e. The predicted octanol–water partition coefficient (Wildman–Crippen LogP) is 1.81. The highest BCUT2D eigenvalue weighted by Gasteiger charge is 2.14. The molecule has 2 aromatic rings. The van der Waals surface area contributed by atoms with Crippen LogP contribution in [-0.4, -0.2) is 11.8 Å². The van der Waals surface area contributed by atoms with E-state index in [1.165, 1.54) is 0 Å². The lowest BCUT2D eigenvalue weighted by atomic mass is 10.0. The zero-order valence-electron chi connectivity index (χ0n) is 11.5. The molecule has 5 heteroatoms. The van der Waals surface area contributed by atoms with Gasteiger partial charge in [-0.25, -0.2) is 0 Å². The third-order valence-corrected chi connectivity index (χ3v) is 3.10. The topological polar surface area (TPSA) is 98.2 Å². The SMILES string of the molecule is NC(=O)c1ccccc1NC(=O)CC(N)c1ccccc1. The molecule has 1 unspecified atom stereocenters. The van der Waals surface area contributed by atoms with E-state index in [-0.39, 0.29) is 17.9 Å². The molecular formula is C16H17N3O2. The molecule has 0 heterocycles. The van der Waals surface area contributed by atoms with Crippen LogP contribution >= 0.6 is 0 Å². The Kier molecular flexibility index (Phi) is 4.68. The van der Waals surface area contributed by atoms with Crippen LogP contribution in [-0.2, 0) is 4.79 Å². The van der Waals surface area contributed by atoms with Crippen molar-refractivity contribution in [1.82, 2.24) is 0 Å². The Bertz CT molecular complexity index is 641. The fourth-order valence-electron chi connectivity index (χ4n) is 2.03. The summed E-state index contributed by atoms with van der Waals surface area (Å²) in [5, 5.41) is 2.67. The largest absolute Gasteiger partial charge is 0.366 e. The van der Waals surface area contributed by atoms with Crippen molar-refractivity contribution in [2.45, 2.75) is 12.5 Å². The molecule has 0 aliphatic rings. The first-order chi connectivity index (χ1) is 10.1. The Hall–Kier alpha value is -2.66. The van der Waals surface area contributed by atoms with Gasteiger partial charge in [0, 0.05) is 12.5 Å². The maximum absolute atomic E-state index is 12.0. The quantitative estimate of drug-likeness (QED) is 0.780. The summed E-state index contributed by atoms with van der Waals surface area (Å²) in [5.74, 6) is -0.849. The third-order valence-electron chi connectivity index (χ3n) is 3.10. The molecule has 2 amide bonds. The number of benzene rings is 2. The normalized spacial score (nSPS) is 11.7. The van der Waals surface area contributed by atoms with Gasteiger partial charge in [-0.1, -0.05) is 42.5 Å². The fraction of sp³-hybridized carbons (Fsp3) is 0.125. The second-order valence-electron chi connectivity index (χ2n) is 4.68. The number of hydrogen-bond acceptors (Lipinski definition) is 3. The van der Waals surface area contributed by atoms with Crippen LogP contribution in [0.3, 0.4) is 0 Å². The highest BCUT2D eigenvalue weighted by Crippen LogP contribution is 2.17. The molecule has 108 valence electrons. The van der Waals surface area contributed by atoms with E-state index in [4.69, 9.17) is 11.5 Å². The van der Waals surface area contributed by atoms with E-state index in [1.807, 2.05) is 30.3 Å². The van der Waals surface area contributed by atoms with Crippen LogP contribution in [0.25, 0.3) is 0 Å². The monoisotopic (exact) mass is 283 g/mol. The van der Waals surface area contributed by atoms with Crippen LogP contribution in [0, 0.1) is 0 Å². The average Bonchev–Trinajstić information content (AvgIpc) is 2.48. The first-order valence-corrected chi connectivity index (χ1v) is 6.57. The lowest BCUT2D eigenvalue weighted by Crippen LogP contribution is -2.22. The van der Waals surface area contributed by atoms with Crippen molar-refractivity contribution < 1.29 is 9.59 Å². The van der Waals surface area contributed by atoms with Crippen molar-refractivity contribution >= 4 is 17.5 Å². The van der Waals surface area contributed by atoms with Crippen molar-refractivity contribution in [3.05, 3.63) is 65.7 Å². The summed E-state index contributed by atoms with van der Waals surface area (Å²) in [4.78, 5) is 23.3. The maximum atomic E-state index is 12.0. The molecule has 0 saturated heterocycles. The van der Waals surface area contributed by atoms with Gasteiger partial charge in [0.05, 0.1) is 11.3 Å². The number of para-hydroxylation sites is 1. The van der Waals surface area contributed by atoms with Gasteiger partial charge in [0.25, 0.3) is 5.91 Å². The van der Waals surface area contributed by atoms with Crippen molar-refractivity contribution in [2.24, 2.45) is 11.5 Å². The van der Waals surface area contributed by atoms with Gasteiger partial charge < -0.3 is 16.8 Å². The van der Waals surface area contributed by atoms with Crippen molar-refractivity contribution in [1.29, 1.82) is 0 Å². The minimum absolute atomic E-state index is 0.122. The van der Waals surface area contributed by atoms with E-state index >= 15 is 0 Å². The summed E-state index contributed by atoms with van der Waals surface area (Å²) >= 11 is 0. The molecule has 2 aromatic carbocycles. The van der Waals surface area contributed by atoms with Gasteiger partial charge in [-0.05, 0) is 17.7 Å². The standard InChI is InChI=1S/C16H17N3O2/c17-13(11-6-2-1-3-7-11)10-15(20)19-14-9-5-4-8-12(14)16(18)21/h1-9,13H,10,17H2,(H2,18,21)(H,19,20). The minimum Gasteiger partial charge on any atom is -0.366 e. The molecule has 0 spiro atoms. The first kappa shape index (κ1) is 14.7. The van der Waals surface area contributed by atoms with Crippen molar-refractivity contribution in [3.63, 3.8) is 0 Å². The van der Waals surface area contributed by atoms with Crippen LogP contribution in [0.1, 0.15) is 28.4 Å². The molecule has 0 radical (unpaired) electrons. The van der Waals surface area contributed by atoms with E-state index in [0.717, 1.165) is 5.56 Å². The summed E-state index contributed by atoms with van der Waals surface area (Å²) in [6, 6.07) is 15.6. The Balaban J connectivity index is 2.04. The van der Waals surface area contributed by atoms with E-state index in [0.29, 0.717) is 5.69 Å². The zero-order chi connectivity index (χ0) is 15.2. The highest BCUT2D eigenvalue weighted by molar-refractivity contribution is 6.03. The number of carbonyl (C=O) groups excluding carboxylic acids is 2. The van der Waals surface area contributed by atoms with Gasteiger partial charge in [-0.3, -0.25) is 9.59 Å². The molecule has 0 aliphatic carbocycles. The molecule has 0 fully saturated rings. The highest BCUT2D eigenvalue weighted by atomic mass is 16.2. The average molecular weight is 283 g/mol. The number of primary amides is 1. The van der Waals surface area contributed by atoms with E-state index in [1.54, 1.807) is 24.3 Å². The van der Waals surface area contributed by atoms with Crippen LogP contribution in [0.5, 0.6) is 0 Å². The molecule has 5 N–H and O–H groups in total. The summed E-state index contributed by atoms with van der Waals surface area (Å²) in [7, 11) is 0. The number of nitrogens with one attached hydrogen (secondary N) is 1. The second-order valence-corrected chi connectivity index (χ2v) is 4.68. The van der Waals surface area contributed by atoms with Gasteiger partial charge in [0.2, 0.25) is 5.91 Å². The van der Waals surface area contributed by atoms with Gasteiger partial charge in [-0.2, -0.15) is 0 Å². The second kappa shape index (κ2) is 6.67. The van der Waals surface area contributed by atoms with E-state index in [9.17, 15) is 9.59 Å². The van der Waals surface area contributed by atoms with Gasteiger partial charge >= 0.3 is 0 Å². The number of carbonyl (C=O) groups is 2. The van der Waals surface area contributed by atoms with Crippen molar-refractivity contribution in [2.75, 3.05) is 5.32 Å². The van der Waals surface area contributed by atoms with Crippen LogP contribution in [0.15, 0.2) is 54.6 Å². The molecule has 0 aliphatic heterocycles. The van der Waals surface area contributed by atoms with E-state index in [2.05, 4.69) is 5.32 Å². The van der Waals surface area contributed by atoms with Crippen LogP contribution in [0.2, 0.25) is 0 Å². The molecule has 2 rings (SSSR count). The Labute approximate surface area is 123 Å². The molecule has 0 saturated carbocycles. The Morgan fingerprint density at radius 1 is 1.00 bits per heavy atom. The summed E-state index contributed by atoms with van der Waals surface area (Å²) < 4.78 is 0. The molecular weight excluding hydrogens is 266 g/mol. The van der Waals surface area contributed by atoms with Gasteiger partial charge in [0.15, 0.2) is 0 Å². The predicted molar refractivity (Wildman–Crippen MR) is 81.6 cm³/mol. The van der Waals surface area contributed by atoms with Gasteiger partial charge in [0.1, 0.15) is 0 Å². The summed E-state index contributed by atoms with van der Waals surface area (Å²) in [5.41, 5.74) is 12.8. The zero-order valence-corrected chi connectivity index (χ0v) is 11.5. The summed E-state index contributed by atoms with van der Waals surface area (Å²) in [6.45, 7) is 0. The van der Waals surface area contributed by atoms with Gasteiger partial charge in [-0.15, -0.1) is 0 Å². The van der Waals surface area contributed by atoms with Crippen LogP contribution in [0.4, 0.5) is 5.69 Å². The molecule has 0 bridgehead atoms. The number of anilines is 1. The fourth-order valence-corrected chi connectivity index (χ4v) is 2.03. The number of hydrogen-bond donors (Lipinski definition) is 3. The first-order valence-electron chi connectivity index (χ1n) is 6.57. The minimum atomic E-state index is -0.585. The Morgan fingerprint density at radius 2 is 1.62 bits per heavy atom. The molecule has 1 atom stereocenters. The number of nitrogens with two attached hydrogens (primary N) is 2. The number of amides is 2. The molecule has 5 nitrogen and oxygen atoms in total. The maximum Gasteiger partial charge on any atom is 0.250 e. The molecule has 21 heavy (non-hydrogen) atoms. The lowest BCUT2D eigenvalue weighted by molar-refractivity contribution is -0.116. The Morgan fingerprint density at radius 3 is 2.29 bits per heavy atom. The van der Waals surface area contributed by atoms with Crippen LogP contribution < -0.4 is 16.8 Å². The van der Waals surface area contributed by atoms with Crippen molar-refractivity contribution in [3.8, 4) is 0 Å². The summed E-state index contributed by atoms with van der Waals surface area (Å²) in [6.07, 6.45) is 0.122. The third kappa shape index (κ3) is 3.90. The molecule has 0 aromatic heterocycles. The number of rotatable bonds is 5. The lowest BCUT2D eigenvalue weighted by Gasteiger charge is -2.13. The van der Waals surface area contributed by atoms with E-state index < -0.39 is 11.9 Å².